The number of allylic oxidation sites excluding steroid dienone is 1. The summed E-state index contributed by atoms with van der Waals surface area (Å²) in [4.78, 5) is 0. The molecule has 0 bridgehead atoms. The number of piperidine rings is 1. The lowest BCUT2D eigenvalue weighted by Crippen LogP contribution is -2.26. The van der Waals surface area contributed by atoms with Crippen molar-refractivity contribution in [2.24, 2.45) is 5.92 Å². The maximum Gasteiger partial charge on any atom is 0.127 e. The largest absolute Gasteiger partial charge is 0.457 e. The highest BCUT2D eigenvalue weighted by molar-refractivity contribution is 5.51. The van der Waals surface area contributed by atoms with Crippen molar-refractivity contribution in [3.8, 4) is 11.5 Å². The van der Waals surface area contributed by atoms with Gasteiger partial charge in [0.1, 0.15) is 11.5 Å². The summed E-state index contributed by atoms with van der Waals surface area (Å²) in [5.74, 6) is 2.46. The van der Waals surface area contributed by atoms with Crippen LogP contribution in [0.5, 0.6) is 11.5 Å². The fourth-order valence-electron chi connectivity index (χ4n) is 2.56. The molecule has 1 fully saturated rings. The van der Waals surface area contributed by atoms with E-state index in [0.29, 0.717) is 5.92 Å². The lowest BCUT2D eigenvalue weighted by atomic mass is 9.97. The molecule has 2 heteroatoms. The van der Waals surface area contributed by atoms with E-state index in [0.717, 1.165) is 24.6 Å². The summed E-state index contributed by atoms with van der Waals surface area (Å²) < 4.78 is 5.80. The molecule has 0 atom stereocenters. The molecule has 1 heterocycles. The first-order valence-corrected chi connectivity index (χ1v) is 7.62. The first kappa shape index (κ1) is 13.9. The number of para-hydroxylation sites is 1. The predicted molar refractivity (Wildman–Crippen MR) is 87.6 cm³/mol. The van der Waals surface area contributed by atoms with E-state index in [9.17, 15) is 0 Å². The molecule has 3 rings (SSSR count). The summed E-state index contributed by atoms with van der Waals surface area (Å²) in [5, 5.41) is 3.39. The van der Waals surface area contributed by atoms with Gasteiger partial charge in [0.25, 0.3) is 0 Å². The molecule has 2 nitrogen and oxygen atoms in total. The van der Waals surface area contributed by atoms with Gasteiger partial charge in [0.2, 0.25) is 0 Å². The fourth-order valence-corrected chi connectivity index (χ4v) is 2.56. The molecular formula is C19H21NO. The van der Waals surface area contributed by atoms with Gasteiger partial charge in [-0.2, -0.15) is 0 Å². The number of rotatable bonds is 4. The zero-order valence-corrected chi connectivity index (χ0v) is 12.2. The van der Waals surface area contributed by atoms with E-state index >= 15 is 0 Å². The third-order valence-corrected chi connectivity index (χ3v) is 3.80. The van der Waals surface area contributed by atoms with Crippen molar-refractivity contribution in [3.05, 3.63) is 66.2 Å². The molecule has 0 radical (unpaired) electrons. The van der Waals surface area contributed by atoms with Crippen LogP contribution in [0.2, 0.25) is 0 Å². The third kappa shape index (κ3) is 4.20. The Morgan fingerprint density at radius 1 is 0.857 bits per heavy atom. The Morgan fingerprint density at radius 3 is 2.24 bits per heavy atom. The summed E-state index contributed by atoms with van der Waals surface area (Å²) in [6.45, 7) is 2.28. The molecule has 1 aliphatic rings. The Bertz CT molecular complexity index is 568. The van der Waals surface area contributed by atoms with Crippen LogP contribution in [0.3, 0.4) is 0 Å². The van der Waals surface area contributed by atoms with E-state index in [1.165, 1.54) is 18.4 Å². The van der Waals surface area contributed by atoms with E-state index in [1.54, 1.807) is 0 Å². The minimum Gasteiger partial charge on any atom is -0.457 e. The van der Waals surface area contributed by atoms with Gasteiger partial charge >= 0.3 is 0 Å². The highest BCUT2D eigenvalue weighted by atomic mass is 16.5. The zero-order chi connectivity index (χ0) is 14.3. The first-order chi connectivity index (χ1) is 10.4. The number of nitrogens with one attached hydrogen (secondary N) is 1. The summed E-state index contributed by atoms with van der Waals surface area (Å²) >= 11 is 0. The topological polar surface area (TPSA) is 21.3 Å². The molecule has 108 valence electrons. The quantitative estimate of drug-likeness (QED) is 0.890. The summed E-state index contributed by atoms with van der Waals surface area (Å²) in [7, 11) is 0. The highest BCUT2D eigenvalue weighted by Crippen LogP contribution is 2.22. The Morgan fingerprint density at radius 2 is 1.52 bits per heavy atom. The molecule has 1 aliphatic heterocycles. The van der Waals surface area contributed by atoms with Crippen LogP contribution in [0.4, 0.5) is 0 Å². The van der Waals surface area contributed by atoms with Crippen molar-refractivity contribution in [2.75, 3.05) is 13.1 Å². The highest BCUT2D eigenvalue weighted by Gasteiger charge is 2.08. The second-order valence-electron chi connectivity index (χ2n) is 5.43. The van der Waals surface area contributed by atoms with Crippen molar-refractivity contribution >= 4 is 6.08 Å². The molecule has 0 unspecified atom stereocenters. The monoisotopic (exact) mass is 279 g/mol. The van der Waals surface area contributed by atoms with Gasteiger partial charge in [-0.15, -0.1) is 0 Å². The standard InChI is InChI=1S/C19H21NO/c1-2-4-18(5-3-1)21-19-10-8-16(9-11-19)6-7-17-12-14-20-15-13-17/h1-11,17,20H,12-15H2. The van der Waals surface area contributed by atoms with E-state index in [1.807, 2.05) is 42.5 Å². The number of ether oxygens (including phenoxy) is 1. The SMILES string of the molecule is C(=CC1CCNCC1)c1ccc(Oc2ccccc2)cc1. The van der Waals surface area contributed by atoms with Gasteiger partial charge in [0, 0.05) is 0 Å². The van der Waals surface area contributed by atoms with Crippen molar-refractivity contribution in [2.45, 2.75) is 12.8 Å². The molecule has 2 aromatic rings. The van der Waals surface area contributed by atoms with Crippen LogP contribution in [-0.4, -0.2) is 13.1 Å². The molecule has 0 amide bonds. The fraction of sp³-hybridized carbons (Fsp3) is 0.263. The molecular weight excluding hydrogens is 258 g/mol. The van der Waals surface area contributed by atoms with Gasteiger partial charge in [0.05, 0.1) is 0 Å². The van der Waals surface area contributed by atoms with Crippen LogP contribution in [0.15, 0.2) is 60.7 Å². The van der Waals surface area contributed by atoms with Crippen LogP contribution < -0.4 is 10.1 Å². The summed E-state index contributed by atoms with van der Waals surface area (Å²) in [6.07, 6.45) is 7.05. The molecule has 21 heavy (non-hydrogen) atoms. The van der Waals surface area contributed by atoms with Crippen LogP contribution >= 0.6 is 0 Å². The average molecular weight is 279 g/mol. The zero-order valence-electron chi connectivity index (χ0n) is 12.2. The van der Waals surface area contributed by atoms with Crippen LogP contribution in [0.1, 0.15) is 18.4 Å². The number of benzene rings is 2. The van der Waals surface area contributed by atoms with Gasteiger partial charge < -0.3 is 10.1 Å². The smallest absolute Gasteiger partial charge is 0.127 e. The second kappa shape index (κ2) is 7.09. The molecule has 2 aromatic carbocycles. The van der Waals surface area contributed by atoms with Crippen LogP contribution in [-0.2, 0) is 0 Å². The third-order valence-electron chi connectivity index (χ3n) is 3.80. The maximum absolute atomic E-state index is 5.80. The van der Waals surface area contributed by atoms with Gasteiger partial charge in [0.15, 0.2) is 0 Å². The predicted octanol–water partition coefficient (Wildman–Crippen LogP) is 4.49. The normalized spacial score (nSPS) is 16.2. The van der Waals surface area contributed by atoms with E-state index < -0.39 is 0 Å². The molecule has 0 aromatic heterocycles. The van der Waals surface area contributed by atoms with Crippen molar-refractivity contribution in [1.29, 1.82) is 0 Å². The van der Waals surface area contributed by atoms with Crippen molar-refractivity contribution in [1.82, 2.24) is 5.32 Å². The van der Waals surface area contributed by atoms with Crippen LogP contribution in [0.25, 0.3) is 6.08 Å². The Hall–Kier alpha value is -2.06. The van der Waals surface area contributed by atoms with E-state index in [2.05, 4.69) is 29.6 Å². The van der Waals surface area contributed by atoms with Gasteiger partial charge in [-0.3, -0.25) is 0 Å². The lowest BCUT2D eigenvalue weighted by molar-refractivity contribution is 0.438. The number of hydrogen-bond donors (Lipinski definition) is 1. The van der Waals surface area contributed by atoms with E-state index in [4.69, 9.17) is 4.74 Å². The average Bonchev–Trinajstić information content (AvgIpc) is 2.56. The van der Waals surface area contributed by atoms with Gasteiger partial charge in [-0.1, -0.05) is 42.5 Å². The molecule has 0 spiro atoms. The molecule has 0 saturated carbocycles. The van der Waals surface area contributed by atoms with Crippen LogP contribution in [0, 0.1) is 5.92 Å². The summed E-state index contributed by atoms with van der Waals surface area (Å²) in [6, 6.07) is 18.1. The molecule has 0 aliphatic carbocycles. The lowest BCUT2D eigenvalue weighted by Gasteiger charge is -2.19. The molecule has 1 N–H and O–H groups in total. The van der Waals surface area contributed by atoms with Crippen molar-refractivity contribution < 1.29 is 4.74 Å². The Kier molecular flexibility index (Phi) is 4.70. The van der Waals surface area contributed by atoms with Gasteiger partial charge in [-0.05, 0) is 61.7 Å². The van der Waals surface area contributed by atoms with Crippen molar-refractivity contribution in [3.63, 3.8) is 0 Å². The minimum absolute atomic E-state index is 0.714. The Labute approximate surface area is 126 Å². The second-order valence-corrected chi connectivity index (χ2v) is 5.43. The maximum atomic E-state index is 5.80. The van der Waals surface area contributed by atoms with E-state index in [-0.39, 0.29) is 0 Å². The minimum atomic E-state index is 0.714. The number of hydrogen-bond acceptors (Lipinski definition) is 2. The summed E-state index contributed by atoms with van der Waals surface area (Å²) in [5.41, 5.74) is 1.23. The first-order valence-electron chi connectivity index (χ1n) is 7.62. The molecule has 1 saturated heterocycles. The Balaban J connectivity index is 1.60. The van der Waals surface area contributed by atoms with Gasteiger partial charge in [-0.25, -0.2) is 0 Å².